The van der Waals surface area contributed by atoms with Gasteiger partial charge in [-0.1, -0.05) is 12.1 Å². The van der Waals surface area contributed by atoms with E-state index in [0.29, 0.717) is 0 Å². The highest BCUT2D eigenvalue weighted by atomic mass is 16.2. The molecular weight excluding hydrogens is 202 g/mol. The van der Waals surface area contributed by atoms with Crippen LogP contribution in [0.4, 0.5) is 16.2 Å². The van der Waals surface area contributed by atoms with E-state index in [9.17, 15) is 4.79 Å². The highest BCUT2D eigenvalue weighted by Crippen LogP contribution is 2.29. The lowest BCUT2D eigenvalue weighted by Crippen LogP contribution is -2.30. The molecular formula is C12H17N3O. The lowest BCUT2D eigenvalue weighted by Gasteiger charge is -2.23. The molecule has 1 saturated heterocycles. The lowest BCUT2D eigenvalue weighted by atomic mass is 10.2. The van der Waals surface area contributed by atoms with E-state index in [1.165, 1.54) is 0 Å². The Bertz CT molecular complexity index is 403. The first-order chi connectivity index (χ1) is 7.61. The number of rotatable bonds is 2. The minimum absolute atomic E-state index is 0.0781. The van der Waals surface area contributed by atoms with Crippen LogP contribution in [0.2, 0.25) is 0 Å². The summed E-state index contributed by atoms with van der Waals surface area (Å²) in [7, 11) is 5.81. The Balaban J connectivity index is 2.37. The zero-order valence-electron chi connectivity index (χ0n) is 9.97. The van der Waals surface area contributed by atoms with Crippen molar-refractivity contribution in [3.63, 3.8) is 0 Å². The van der Waals surface area contributed by atoms with Crippen molar-refractivity contribution in [2.45, 2.75) is 0 Å². The number of urea groups is 1. The van der Waals surface area contributed by atoms with Crippen molar-refractivity contribution in [1.29, 1.82) is 0 Å². The van der Waals surface area contributed by atoms with Crippen molar-refractivity contribution in [3.8, 4) is 0 Å². The number of carbonyl (C=O) groups is 1. The van der Waals surface area contributed by atoms with Gasteiger partial charge in [0.2, 0.25) is 0 Å². The molecule has 2 amide bonds. The molecule has 4 nitrogen and oxygen atoms in total. The van der Waals surface area contributed by atoms with Crippen molar-refractivity contribution in [1.82, 2.24) is 4.90 Å². The van der Waals surface area contributed by atoms with Crippen LogP contribution < -0.4 is 9.80 Å². The van der Waals surface area contributed by atoms with Gasteiger partial charge in [-0.05, 0) is 12.1 Å². The Morgan fingerprint density at radius 3 is 2.44 bits per heavy atom. The fourth-order valence-electron chi connectivity index (χ4n) is 1.94. The molecule has 2 rings (SSSR count). The quantitative estimate of drug-likeness (QED) is 0.755. The molecule has 0 saturated carbocycles. The maximum Gasteiger partial charge on any atom is 0.324 e. The fraction of sp³-hybridized carbons (Fsp3) is 0.417. The van der Waals surface area contributed by atoms with E-state index < -0.39 is 0 Å². The standard InChI is InChI=1S/C12H17N3O/c1-13(2)10-6-4-5-7-11(10)15-9-8-14(3)12(15)16/h4-7H,8-9H2,1-3H3. The molecule has 4 heteroatoms. The normalized spacial score (nSPS) is 15.8. The van der Waals surface area contributed by atoms with Gasteiger partial charge in [0.1, 0.15) is 0 Å². The number of amides is 2. The van der Waals surface area contributed by atoms with E-state index in [1.54, 1.807) is 4.90 Å². The molecule has 1 aromatic rings. The largest absolute Gasteiger partial charge is 0.376 e. The number of hydrogen-bond acceptors (Lipinski definition) is 2. The van der Waals surface area contributed by atoms with Gasteiger partial charge in [-0.25, -0.2) is 4.79 Å². The van der Waals surface area contributed by atoms with Crippen molar-refractivity contribution in [2.24, 2.45) is 0 Å². The van der Waals surface area contributed by atoms with E-state index in [2.05, 4.69) is 0 Å². The van der Waals surface area contributed by atoms with Crippen molar-refractivity contribution in [3.05, 3.63) is 24.3 Å². The van der Waals surface area contributed by atoms with E-state index in [1.807, 2.05) is 55.2 Å². The molecule has 0 bridgehead atoms. The molecule has 0 atom stereocenters. The van der Waals surface area contributed by atoms with Gasteiger partial charge < -0.3 is 9.80 Å². The molecule has 1 aliphatic rings. The van der Waals surface area contributed by atoms with Crippen LogP contribution in [0.15, 0.2) is 24.3 Å². The summed E-state index contributed by atoms with van der Waals surface area (Å²) >= 11 is 0. The van der Waals surface area contributed by atoms with E-state index in [-0.39, 0.29) is 6.03 Å². The predicted molar refractivity (Wildman–Crippen MR) is 66.1 cm³/mol. The Morgan fingerprint density at radius 2 is 1.88 bits per heavy atom. The SMILES string of the molecule is CN1CCN(c2ccccc2N(C)C)C1=O. The molecule has 0 N–H and O–H groups in total. The third kappa shape index (κ3) is 1.71. The average Bonchev–Trinajstić information content (AvgIpc) is 2.60. The van der Waals surface area contributed by atoms with E-state index >= 15 is 0 Å². The summed E-state index contributed by atoms with van der Waals surface area (Å²) < 4.78 is 0. The van der Waals surface area contributed by atoms with Gasteiger partial charge in [-0.2, -0.15) is 0 Å². The zero-order valence-corrected chi connectivity index (χ0v) is 9.97. The Morgan fingerprint density at radius 1 is 1.19 bits per heavy atom. The zero-order chi connectivity index (χ0) is 11.7. The van der Waals surface area contributed by atoms with Crippen molar-refractivity contribution >= 4 is 17.4 Å². The topological polar surface area (TPSA) is 26.8 Å². The fourth-order valence-corrected chi connectivity index (χ4v) is 1.94. The Hall–Kier alpha value is -1.71. The second kappa shape index (κ2) is 4.04. The summed E-state index contributed by atoms with van der Waals surface area (Å²) in [5.41, 5.74) is 2.06. The number of nitrogens with zero attached hydrogens (tertiary/aromatic N) is 3. The predicted octanol–water partition coefficient (Wildman–Crippen LogP) is 1.62. The molecule has 1 aromatic carbocycles. The third-order valence-corrected chi connectivity index (χ3v) is 2.87. The molecule has 0 aliphatic carbocycles. The second-order valence-electron chi connectivity index (χ2n) is 4.24. The van der Waals surface area contributed by atoms with Crippen LogP contribution in [0, 0.1) is 0 Å². The van der Waals surface area contributed by atoms with Crippen LogP contribution in [-0.2, 0) is 0 Å². The van der Waals surface area contributed by atoms with Crippen molar-refractivity contribution in [2.75, 3.05) is 44.0 Å². The number of anilines is 2. The van der Waals surface area contributed by atoms with Crippen LogP contribution in [0.25, 0.3) is 0 Å². The minimum Gasteiger partial charge on any atom is -0.376 e. The number of likely N-dealkylation sites (N-methyl/N-ethyl adjacent to an activating group) is 1. The smallest absolute Gasteiger partial charge is 0.324 e. The van der Waals surface area contributed by atoms with Gasteiger partial charge in [0.05, 0.1) is 11.4 Å². The summed E-state index contributed by atoms with van der Waals surface area (Å²) in [6.45, 7) is 1.56. The van der Waals surface area contributed by atoms with Gasteiger partial charge in [-0.3, -0.25) is 4.90 Å². The maximum absolute atomic E-state index is 11.9. The number of hydrogen-bond donors (Lipinski definition) is 0. The summed E-state index contributed by atoms with van der Waals surface area (Å²) in [6, 6.07) is 8.05. The summed E-state index contributed by atoms with van der Waals surface area (Å²) in [5.74, 6) is 0. The minimum atomic E-state index is 0.0781. The average molecular weight is 219 g/mol. The molecule has 86 valence electrons. The molecule has 16 heavy (non-hydrogen) atoms. The lowest BCUT2D eigenvalue weighted by molar-refractivity contribution is 0.229. The molecule has 0 aromatic heterocycles. The Labute approximate surface area is 96.1 Å². The molecule has 1 heterocycles. The van der Waals surface area contributed by atoms with Gasteiger partial charge >= 0.3 is 6.03 Å². The van der Waals surface area contributed by atoms with E-state index in [4.69, 9.17) is 0 Å². The first-order valence-electron chi connectivity index (χ1n) is 5.40. The molecule has 0 radical (unpaired) electrons. The molecule has 0 spiro atoms. The molecule has 1 fully saturated rings. The number of carbonyl (C=O) groups excluding carboxylic acids is 1. The van der Waals surface area contributed by atoms with Crippen LogP contribution in [0.3, 0.4) is 0 Å². The van der Waals surface area contributed by atoms with Crippen molar-refractivity contribution < 1.29 is 4.79 Å². The van der Waals surface area contributed by atoms with Gasteiger partial charge in [0, 0.05) is 34.2 Å². The third-order valence-electron chi connectivity index (χ3n) is 2.87. The molecule has 1 aliphatic heterocycles. The Kier molecular flexibility index (Phi) is 2.73. The summed E-state index contributed by atoms with van der Waals surface area (Å²) in [4.78, 5) is 17.5. The summed E-state index contributed by atoms with van der Waals surface area (Å²) in [6.07, 6.45) is 0. The second-order valence-corrected chi connectivity index (χ2v) is 4.24. The van der Waals surface area contributed by atoms with Crippen LogP contribution in [0.1, 0.15) is 0 Å². The maximum atomic E-state index is 11.9. The van der Waals surface area contributed by atoms with Gasteiger partial charge in [0.15, 0.2) is 0 Å². The van der Waals surface area contributed by atoms with E-state index in [0.717, 1.165) is 24.5 Å². The van der Waals surface area contributed by atoms with Crippen LogP contribution in [-0.4, -0.2) is 45.2 Å². The van der Waals surface area contributed by atoms with Crippen LogP contribution >= 0.6 is 0 Å². The van der Waals surface area contributed by atoms with Crippen LogP contribution in [0.5, 0.6) is 0 Å². The monoisotopic (exact) mass is 219 g/mol. The van der Waals surface area contributed by atoms with Gasteiger partial charge in [-0.15, -0.1) is 0 Å². The first kappa shape index (κ1) is 10.8. The highest BCUT2D eigenvalue weighted by molar-refractivity contribution is 5.97. The summed E-state index contributed by atoms with van der Waals surface area (Å²) in [5, 5.41) is 0. The number of para-hydroxylation sites is 2. The number of benzene rings is 1. The molecule has 0 unspecified atom stereocenters. The highest BCUT2D eigenvalue weighted by Gasteiger charge is 2.28. The first-order valence-corrected chi connectivity index (χ1v) is 5.40. The van der Waals surface area contributed by atoms with Gasteiger partial charge in [0.25, 0.3) is 0 Å².